The Labute approximate surface area is 186 Å². The summed E-state index contributed by atoms with van der Waals surface area (Å²) in [6.45, 7) is 3.88. The molecular weight excluding hydrogens is 384 g/mol. The smallest absolute Gasteiger partial charge is 0.223 e. The Morgan fingerprint density at radius 3 is 2.65 bits per heavy atom. The summed E-state index contributed by atoms with van der Waals surface area (Å²) >= 11 is 0. The van der Waals surface area contributed by atoms with E-state index in [1.807, 2.05) is 24.3 Å². The molecule has 4 heteroatoms. The fourth-order valence-corrected chi connectivity index (χ4v) is 4.86. The molecule has 1 aliphatic carbocycles. The van der Waals surface area contributed by atoms with Crippen LogP contribution >= 0.6 is 0 Å². The molecule has 1 saturated carbocycles. The number of nitrogens with zero attached hydrogens (tertiary/aromatic N) is 1. The van der Waals surface area contributed by atoms with Crippen molar-refractivity contribution < 1.29 is 9.53 Å². The number of likely N-dealkylation sites (tertiary alicyclic amines) is 1. The molecule has 31 heavy (non-hydrogen) atoms. The first kappa shape index (κ1) is 21.6. The van der Waals surface area contributed by atoms with Crippen LogP contribution in [-0.2, 0) is 11.2 Å². The Morgan fingerprint density at radius 1 is 1.13 bits per heavy atom. The summed E-state index contributed by atoms with van der Waals surface area (Å²) in [5.74, 6) is 1.42. The number of hydrogen-bond acceptors (Lipinski definition) is 3. The number of hydrogen-bond donors (Lipinski definition) is 1. The van der Waals surface area contributed by atoms with Crippen molar-refractivity contribution in [3.63, 3.8) is 0 Å². The Kier molecular flexibility index (Phi) is 7.08. The third kappa shape index (κ3) is 5.56. The van der Waals surface area contributed by atoms with Crippen LogP contribution in [-0.4, -0.2) is 44.1 Å². The second-order valence-electron chi connectivity index (χ2n) is 8.94. The van der Waals surface area contributed by atoms with E-state index < -0.39 is 0 Å². The number of rotatable bonds is 9. The Bertz CT molecular complexity index is 885. The van der Waals surface area contributed by atoms with Gasteiger partial charge in [0.25, 0.3) is 0 Å². The van der Waals surface area contributed by atoms with Crippen molar-refractivity contribution in [3.05, 3.63) is 71.8 Å². The maximum absolute atomic E-state index is 12.6. The molecule has 164 valence electrons. The topological polar surface area (TPSA) is 41.6 Å². The van der Waals surface area contributed by atoms with Crippen LogP contribution in [0.2, 0.25) is 0 Å². The van der Waals surface area contributed by atoms with Gasteiger partial charge < -0.3 is 10.1 Å². The molecule has 4 nitrogen and oxygen atoms in total. The molecule has 1 N–H and O–H groups in total. The number of para-hydroxylation sites is 1. The fraction of sp³-hybridized carbons (Fsp3) is 0.444. The summed E-state index contributed by atoms with van der Waals surface area (Å²) in [7, 11) is 1.71. The van der Waals surface area contributed by atoms with Crippen molar-refractivity contribution in [1.82, 2.24) is 10.2 Å². The average Bonchev–Trinajstić information content (AvgIpc) is 3.52. The van der Waals surface area contributed by atoms with Crippen molar-refractivity contribution in [2.24, 2.45) is 11.3 Å². The molecule has 0 radical (unpaired) electrons. The minimum Gasteiger partial charge on any atom is -0.496 e. The van der Waals surface area contributed by atoms with E-state index in [4.69, 9.17) is 4.74 Å². The minimum atomic E-state index is 0.232. The molecule has 1 amide bonds. The normalized spacial score (nSPS) is 20.1. The number of aryl methyl sites for hydroxylation is 1. The molecular formula is C27H34N2O2. The van der Waals surface area contributed by atoms with Crippen molar-refractivity contribution in [2.75, 3.05) is 33.3 Å². The molecule has 0 bridgehead atoms. The highest BCUT2D eigenvalue weighted by Gasteiger charge is 2.58. The lowest BCUT2D eigenvalue weighted by Gasteiger charge is -2.32. The van der Waals surface area contributed by atoms with Crippen LogP contribution in [0.1, 0.15) is 36.8 Å². The van der Waals surface area contributed by atoms with E-state index >= 15 is 0 Å². The average molecular weight is 419 g/mol. The van der Waals surface area contributed by atoms with Crippen molar-refractivity contribution in [3.8, 4) is 5.75 Å². The summed E-state index contributed by atoms with van der Waals surface area (Å²) < 4.78 is 5.41. The van der Waals surface area contributed by atoms with E-state index in [0.29, 0.717) is 0 Å². The van der Waals surface area contributed by atoms with Gasteiger partial charge in [-0.05, 0) is 62.2 Å². The number of nitrogens with one attached hydrogen (secondary N) is 1. The number of carbonyl (C=O) groups is 1. The summed E-state index contributed by atoms with van der Waals surface area (Å²) in [5.41, 5.74) is 2.73. The van der Waals surface area contributed by atoms with E-state index in [1.54, 1.807) is 7.11 Å². The third-order valence-electron chi connectivity index (χ3n) is 6.94. The van der Waals surface area contributed by atoms with Crippen LogP contribution in [0.15, 0.2) is 60.7 Å². The number of carbonyl (C=O) groups excluding carboxylic acids is 1. The highest BCUT2D eigenvalue weighted by molar-refractivity contribution is 5.82. The minimum absolute atomic E-state index is 0.232. The van der Waals surface area contributed by atoms with Gasteiger partial charge in [-0.3, -0.25) is 9.69 Å². The summed E-state index contributed by atoms with van der Waals surface area (Å²) in [6, 6.07) is 18.6. The van der Waals surface area contributed by atoms with Gasteiger partial charge in [-0.15, -0.1) is 0 Å². The Hall–Kier alpha value is -2.59. The Morgan fingerprint density at radius 2 is 1.87 bits per heavy atom. The van der Waals surface area contributed by atoms with Crippen molar-refractivity contribution in [1.29, 1.82) is 0 Å². The standard InChI is InChI=1S/C27H34N2O2/c1-31-25-14-6-5-12-23(25)13-8-18-29-19-15-27(16-20-29)21-24(27)26(30)28-17-7-11-22-9-3-2-4-10-22/h2-6,8-10,12-14,24H,7,11,15-21H2,1H3,(H,28,30)/b13-8+. The van der Waals surface area contributed by atoms with E-state index in [2.05, 4.69) is 52.7 Å². The zero-order valence-corrected chi connectivity index (χ0v) is 18.6. The molecule has 1 spiro atoms. The second kappa shape index (κ2) is 10.1. The van der Waals surface area contributed by atoms with E-state index in [-0.39, 0.29) is 17.2 Å². The third-order valence-corrected chi connectivity index (χ3v) is 6.94. The number of ether oxygens (including phenoxy) is 1. The maximum atomic E-state index is 12.6. The second-order valence-corrected chi connectivity index (χ2v) is 8.94. The Balaban J connectivity index is 1.15. The number of piperidine rings is 1. The number of benzene rings is 2. The molecule has 1 atom stereocenters. The lowest BCUT2D eigenvalue weighted by atomic mass is 9.90. The molecule has 2 fully saturated rings. The molecule has 1 heterocycles. The van der Waals surface area contributed by atoms with Crippen LogP contribution in [0.25, 0.3) is 6.08 Å². The van der Waals surface area contributed by atoms with Gasteiger partial charge in [-0.1, -0.05) is 60.7 Å². The van der Waals surface area contributed by atoms with Gasteiger partial charge in [0.15, 0.2) is 0 Å². The predicted molar refractivity (Wildman–Crippen MR) is 126 cm³/mol. The quantitative estimate of drug-likeness (QED) is 0.607. The van der Waals surface area contributed by atoms with Gasteiger partial charge >= 0.3 is 0 Å². The van der Waals surface area contributed by atoms with Gasteiger partial charge in [0, 0.05) is 24.6 Å². The van der Waals surface area contributed by atoms with Crippen molar-refractivity contribution >= 4 is 12.0 Å². The van der Waals surface area contributed by atoms with Crippen LogP contribution in [0.3, 0.4) is 0 Å². The molecule has 1 saturated heterocycles. The van der Waals surface area contributed by atoms with Gasteiger partial charge in [0.1, 0.15) is 5.75 Å². The first-order valence-corrected chi connectivity index (χ1v) is 11.5. The summed E-state index contributed by atoms with van der Waals surface area (Å²) in [4.78, 5) is 15.1. The number of amides is 1. The van der Waals surface area contributed by atoms with Crippen molar-refractivity contribution in [2.45, 2.75) is 32.1 Å². The highest BCUT2D eigenvalue weighted by Crippen LogP contribution is 2.59. The molecule has 2 aliphatic rings. The fourth-order valence-electron chi connectivity index (χ4n) is 4.86. The van der Waals surface area contributed by atoms with Gasteiger partial charge in [0.2, 0.25) is 5.91 Å². The van der Waals surface area contributed by atoms with Crippen LogP contribution in [0.5, 0.6) is 5.75 Å². The molecule has 2 aromatic rings. The van der Waals surface area contributed by atoms with Gasteiger partial charge in [0.05, 0.1) is 7.11 Å². The van der Waals surface area contributed by atoms with Crippen LogP contribution < -0.4 is 10.1 Å². The largest absolute Gasteiger partial charge is 0.496 e. The first-order valence-electron chi connectivity index (χ1n) is 11.5. The SMILES string of the molecule is COc1ccccc1/C=C/CN1CCC2(CC1)CC2C(=O)NCCCc1ccccc1. The lowest BCUT2D eigenvalue weighted by molar-refractivity contribution is -0.123. The summed E-state index contributed by atoms with van der Waals surface area (Å²) in [6.07, 6.45) is 9.74. The summed E-state index contributed by atoms with van der Waals surface area (Å²) in [5, 5.41) is 3.19. The molecule has 0 aromatic heterocycles. The number of methoxy groups -OCH3 is 1. The van der Waals surface area contributed by atoms with E-state index in [1.165, 1.54) is 5.56 Å². The maximum Gasteiger partial charge on any atom is 0.223 e. The van der Waals surface area contributed by atoms with E-state index in [0.717, 1.165) is 69.6 Å². The van der Waals surface area contributed by atoms with Gasteiger partial charge in [-0.2, -0.15) is 0 Å². The molecule has 4 rings (SSSR count). The molecule has 1 unspecified atom stereocenters. The molecule has 1 aliphatic heterocycles. The van der Waals surface area contributed by atoms with Crippen LogP contribution in [0.4, 0.5) is 0 Å². The predicted octanol–water partition coefficient (Wildman–Crippen LogP) is 4.56. The van der Waals surface area contributed by atoms with E-state index in [9.17, 15) is 4.79 Å². The monoisotopic (exact) mass is 418 g/mol. The highest BCUT2D eigenvalue weighted by atomic mass is 16.5. The van der Waals surface area contributed by atoms with Gasteiger partial charge in [-0.25, -0.2) is 0 Å². The van der Waals surface area contributed by atoms with Crippen LogP contribution in [0, 0.1) is 11.3 Å². The lowest BCUT2D eigenvalue weighted by Crippen LogP contribution is -2.37. The zero-order chi connectivity index (χ0) is 21.5. The molecule has 2 aromatic carbocycles. The first-order chi connectivity index (χ1) is 15.2. The zero-order valence-electron chi connectivity index (χ0n) is 18.6.